The van der Waals surface area contributed by atoms with Crippen LogP contribution in [0.15, 0.2) is 59.5 Å². The summed E-state index contributed by atoms with van der Waals surface area (Å²) >= 11 is 6.11. The van der Waals surface area contributed by atoms with E-state index in [4.69, 9.17) is 11.6 Å². The summed E-state index contributed by atoms with van der Waals surface area (Å²) in [6.45, 7) is -0.0703. The molecule has 0 radical (unpaired) electrons. The number of rotatable bonds is 4. The van der Waals surface area contributed by atoms with Crippen molar-refractivity contribution in [1.82, 2.24) is 19.6 Å². The summed E-state index contributed by atoms with van der Waals surface area (Å²) < 4.78 is 42.0. The first-order chi connectivity index (χ1) is 14.8. The zero-order valence-corrected chi connectivity index (χ0v) is 16.9. The molecule has 2 aromatic heterocycles. The van der Waals surface area contributed by atoms with Crippen molar-refractivity contribution in [2.24, 2.45) is 0 Å². The highest BCUT2D eigenvalue weighted by Crippen LogP contribution is 2.41. The maximum atomic E-state index is 13.3. The van der Waals surface area contributed by atoms with Crippen molar-refractivity contribution in [1.29, 1.82) is 0 Å². The Bertz CT molecular complexity index is 1360. The van der Waals surface area contributed by atoms with Gasteiger partial charge in [0.05, 0.1) is 29.7 Å². The third-order valence-corrected chi connectivity index (χ3v) is 5.55. The molecule has 0 amide bonds. The van der Waals surface area contributed by atoms with E-state index < -0.39 is 17.3 Å². The normalized spacial score (nSPS) is 14.3. The predicted octanol–water partition coefficient (Wildman–Crippen LogP) is 5.18. The Kier molecular flexibility index (Phi) is 4.62. The quantitative estimate of drug-likeness (QED) is 0.436. The average Bonchev–Trinajstić information content (AvgIpc) is 3.47. The van der Waals surface area contributed by atoms with Gasteiger partial charge in [-0.2, -0.15) is 23.4 Å². The fraction of sp³-hybridized carbons (Fsp3) is 0.227. The number of hydrogen-bond acceptors (Lipinski definition) is 3. The van der Waals surface area contributed by atoms with Gasteiger partial charge < -0.3 is 0 Å². The van der Waals surface area contributed by atoms with Crippen LogP contribution in [0.25, 0.3) is 16.6 Å². The fourth-order valence-corrected chi connectivity index (χ4v) is 3.87. The summed E-state index contributed by atoms with van der Waals surface area (Å²) in [7, 11) is 0. The zero-order valence-electron chi connectivity index (χ0n) is 16.1. The Morgan fingerprint density at radius 1 is 1.10 bits per heavy atom. The molecule has 0 spiro atoms. The van der Waals surface area contributed by atoms with Crippen LogP contribution in [0.4, 0.5) is 13.2 Å². The molecule has 0 bridgehead atoms. The minimum absolute atomic E-state index is 0.0703. The number of alkyl halides is 3. The molecular weight excluding hydrogens is 429 g/mol. The van der Waals surface area contributed by atoms with Crippen molar-refractivity contribution in [3.05, 3.63) is 86.9 Å². The molecule has 1 fully saturated rings. The Balaban J connectivity index is 1.67. The predicted molar refractivity (Wildman–Crippen MR) is 111 cm³/mol. The smallest absolute Gasteiger partial charge is 0.265 e. The summed E-state index contributed by atoms with van der Waals surface area (Å²) in [6, 6.07) is 11.9. The molecular formula is C22H16ClF3N4O. The van der Waals surface area contributed by atoms with Crippen LogP contribution in [0.2, 0.25) is 5.02 Å². The van der Waals surface area contributed by atoms with E-state index in [1.54, 1.807) is 36.5 Å². The zero-order chi connectivity index (χ0) is 21.8. The van der Waals surface area contributed by atoms with Gasteiger partial charge in [0.2, 0.25) is 0 Å². The first kappa shape index (κ1) is 19.8. The molecule has 0 N–H and O–H groups in total. The van der Waals surface area contributed by atoms with Crippen molar-refractivity contribution in [2.75, 3.05) is 0 Å². The van der Waals surface area contributed by atoms with E-state index in [1.807, 2.05) is 0 Å². The lowest BCUT2D eigenvalue weighted by Crippen LogP contribution is -2.26. The highest BCUT2D eigenvalue weighted by atomic mass is 35.5. The second-order valence-corrected chi connectivity index (χ2v) is 8.06. The van der Waals surface area contributed by atoms with Gasteiger partial charge in [-0.3, -0.25) is 4.79 Å². The molecule has 0 saturated heterocycles. The molecule has 9 heteroatoms. The van der Waals surface area contributed by atoms with E-state index in [-0.39, 0.29) is 12.5 Å². The van der Waals surface area contributed by atoms with Gasteiger partial charge in [-0.25, -0.2) is 9.36 Å². The van der Waals surface area contributed by atoms with Gasteiger partial charge in [0.1, 0.15) is 5.52 Å². The van der Waals surface area contributed by atoms with Gasteiger partial charge in [0.15, 0.2) is 0 Å². The summed E-state index contributed by atoms with van der Waals surface area (Å²) in [6.07, 6.45) is -0.936. The van der Waals surface area contributed by atoms with E-state index in [2.05, 4.69) is 10.2 Å². The molecule has 1 aliphatic carbocycles. The second-order valence-electron chi connectivity index (χ2n) is 7.62. The SMILES string of the molecule is O=c1c2c(cnn2-c2cccc(Cl)c2)c(C2CC2)nn1Cc1cccc(C(F)(F)F)c1. The molecule has 158 valence electrons. The highest BCUT2D eigenvalue weighted by Gasteiger charge is 2.31. The molecule has 4 aromatic rings. The van der Waals surface area contributed by atoms with E-state index in [1.165, 1.54) is 15.4 Å². The second kappa shape index (κ2) is 7.23. The van der Waals surface area contributed by atoms with E-state index in [0.717, 1.165) is 30.7 Å². The van der Waals surface area contributed by atoms with Crippen LogP contribution in [0.3, 0.4) is 0 Å². The molecule has 0 unspecified atom stereocenters. The molecule has 5 rings (SSSR count). The third kappa shape index (κ3) is 3.72. The maximum absolute atomic E-state index is 13.3. The fourth-order valence-electron chi connectivity index (χ4n) is 3.68. The Morgan fingerprint density at radius 2 is 1.87 bits per heavy atom. The standard InChI is InChI=1S/C22H16ClF3N4O/c23-16-5-2-6-17(10-16)30-20-18(11-27-30)19(14-7-8-14)28-29(21(20)31)12-13-3-1-4-15(9-13)22(24,25)26/h1-6,9-11,14H,7-8,12H2. The largest absolute Gasteiger partial charge is 0.416 e. The van der Waals surface area contributed by atoms with Crippen LogP contribution in [-0.4, -0.2) is 19.6 Å². The summed E-state index contributed by atoms with van der Waals surface area (Å²) in [5.74, 6) is 0.216. The minimum atomic E-state index is -4.46. The Hall–Kier alpha value is -3.13. The van der Waals surface area contributed by atoms with Crippen LogP contribution in [0, 0.1) is 0 Å². The van der Waals surface area contributed by atoms with Crippen molar-refractivity contribution in [3.8, 4) is 5.69 Å². The first-order valence-electron chi connectivity index (χ1n) is 9.72. The van der Waals surface area contributed by atoms with Gasteiger partial charge in [0.25, 0.3) is 5.56 Å². The average molecular weight is 445 g/mol. The topological polar surface area (TPSA) is 52.7 Å². The monoisotopic (exact) mass is 444 g/mol. The van der Waals surface area contributed by atoms with Crippen LogP contribution >= 0.6 is 11.6 Å². The van der Waals surface area contributed by atoms with Gasteiger partial charge in [-0.05, 0) is 48.7 Å². The number of fused-ring (bicyclic) bond motifs is 1. The number of nitrogens with zero attached hydrogens (tertiary/aromatic N) is 4. The molecule has 31 heavy (non-hydrogen) atoms. The lowest BCUT2D eigenvalue weighted by Gasteiger charge is -2.12. The molecule has 2 aromatic carbocycles. The molecule has 1 aliphatic rings. The molecule has 1 saturated carbocycles. The Morgan fingerprint density at radius 3 is 2.58 bits per heavy atom. The summed E-state index contributed by atoms with van der Waals surface area (Å²) in [5.41, 5.74) is 0.873. The van der Waals surface area contributed by atoms with Crippen molar-refractivity contribution < 1.29 is 13.2 Å². The summed E-state index contributed by atoms with van der Waals surface area (Å²) in [5, 5.41) is 10.1. The molecule has 5 nitrogen and oxygen atoms in total. The number of aromatic nitrogens is 4. The highest BCUT2D eigenvalue weighted by molar-refractivity contribution is 6.30. The van der Waals surface area contributed by atoms with Crippen LogP contribution in [0.1, 0.15) is 35.6 Å². The van der Waals surface area contributed by atoms with Gasteiger partial charge >= 0.3 is 6.18 Å². The van der Waals surface area contributed by atoms with Crippen molar-refractivity contribution >= 4 is 22.5 Å². The van der Waals surface area contributed by atoms with Crippen molar-refractivity contribution in [3.63, 3.8) is 0 Å². The van der Waals surface area contributed by atoms with Crippen LogP contribution in [0.5, 0.6) is 0 Å². The van der Waals surface area contributed by atoms with Gasteiger partial charge in [-0.15, -0.1) is 0 Å². The van der Waals surface area contributed by atoms with Crippen molar-refractivity contribution in [2.45, 2.75) is 31.5 Å². The number of benzene rings is 2. The van der Waals surface area contributed by atoms with E-state index >= 15 is 0 Å². The number of halogens is 4. The van der Waals surface area contributed by atoms with E-state index in [9.17, 15) is 18.0 Å². The first-order valence-corrected chi connectivity index (χ1v) is 10.1. The third-order valence-electron chi connectivity index (χ3n) is 5.31. The minimum Gasteiger partial charge on any atom is -0.265 e. The molecule has 2 heterocycles. The Labute approximate surface area is 179 Å². The maximum Gasteiger partial charge on any atom is 0.416 e. The van der Waals surface area contributed by atoms with Crippen LogP contribution in [-0.2, 0) is 12.7 Å². The summed E-state index contributed by atoms with van der Waals surface area (Å²) in [4.78, 5) is 13.3. The number of hydrogen-bond donors (Lipinski definition) is 0. The van der Waals surface area contributed by atoms with Crippen LogP contribution < -0.4 is 5.56 Å². The molecule has 0 aliphatic heterocycles. The lowest BCUT2D eigenvalue weighted by atomic mass is 10.1. The van der Waals surface area contributed by atoms with Gasteiger partial charge in [0, 0.05) is 16.3 Å². The lowest BCUT2D eigenvalue weighted by molar-refractivity contribution is -0.137. The molecule has 0 atom stereocenters. The van der Waals surface area contributed by atoms with Gasteiger partial charge in [-0.1, -0.05) is 29.8 Å². The van der Waals surface area contributed by atoms with E-state index in [0.29, 0.717) is 27.2 Å².